The van der Waals surface area contributed by atoms with Gasteiger partial charge in [0.05, 0.1) is 10.9 Å². The van der Waals surface area contributed by atoms with Crippen molar-refractivity contribution in [2.45, 2.75) is 45.6 Å². The van der Waals surface area contributed by atoms with Crippen LogP contribution in [0.5, 0.6) is 0 Å². The highest BCUT2D eigenvalue weighted by atomic mass is 32.2. The Morgan fingerprint density at radius 1 is 0.806 bits per heavy atom. The highest BCUT2D eigenvalue weighted by Crippen LogP contribution is 2.22. The van der Waals surface area contributed by atoms with Gasteiger partial charge < -0.3 is 5.32 Å². The third kappa shape index (κ3) is 5.33. The number of benzene rings is 3. The molecule has 0 spiro atoms. The van der Waals surface area contributed by atoms with E-state index in [4.69, 9.17) is 0 Å². The summed E-state index contributed by atoms with van der Waals surface area (Å²) in [6.07, 6.45) is 0. The van der Waals surface area contributed by atoms with Crippen molar-refractivity contribution in [3.8, 4) is 0 Å². The first kappa shape index (κ1) is 22.6. The summed E-state index contributed by atoms with van der Waals surface area (Å²) in [6, 6.07) is 17.1. The van der Waals surface area contributed by atoms with Crippen molar-refractivity contribution in [1.82, 2.24) is 5.32 Å². The van der Waals surface area contributed by atoms with Gasteiger partial charge in [-0.1, -0.05) is 29.8 Å². The molecule has 6 heteroatoms. The Kier molecular flexibility index (Phi) is 6.51. The van der Waals surface area contributed by atoms with Crippen LogP contribution in [0.1, 0.15) is 51.1 Å². The summed E-state index contributed by atoms with van der Waals surface area (Å²) in [5, 5.41) is 3.02. The lowest BCUT2D eigenvalue weighted by atomic mass is 9.96. The van der Waals surface area contributed by atoms with Crippen LogP contribution in [0.15, 0.2) is 65.6 Å². The Bertz CT molecular complexity index is 1200. The van der Waals surface area contributed by atoms with Crippen LogP contribution < -0.4 is 10.0 Å². The highest BCUT2D eigenvalue weighted by molar-refractivity contribution is 7.92. The number of amides is 1. The fourth-order valence-corrected chi connectivity index (χ4v) is 4.49. The number of hydrogen-bond donors (Lipinski definition) is 2. The lowest BCUT2D eigenvalue weighted by Crippen LogP contribution is -2.27. The Labute approximate surface area is 184 Å². The number of sulfonamides is 1. The van der Waals surface area contributed by atoms with Gasteiger partial charge in [0.25, 0.3) is 15.9 Å². The second kappa shape index (κ2) is 8.94. The number of carbonyl (C=O) groups is 1. The molecular formula is C25H28N2O3S. The quantitative estimate of drug-likeness (QED) is 0.557. The van der Waals surface area contributed by atoms with Crippen molar-refractivity contribution >= 4 is 21.6 Å². The van der Waals surface area contributed by atoms with E-state index in [9.17, 15) is 13.2 Å². The van der Waals surface area contributed by atoms with Crippen LogP contribution in [0.25, 0.3) is 0 Å². The van der Waals surface area contributed by atoms with Gasteiger partial charge in [0.2, 0.25) is 0 Å². The first-order valence-corrected chi connectivity index (χ1v) is 11.6. The molecule has 1 atom stereocenters. The molecule has 0 saturated carbocycles. The lowest BCUT2D eigenvalue weighted by molar-refractivity contribution is 0.0940. The largest absolute Gasteiger partial charge is 0.346 e. The van der Waals surface area contributed by atoms with Gasteiger partial charge in [-0.25, -0.2) is 8.42 Å². The summed E-state index contributed by atoms with van der Waals surface area (Å²) in [7, 11) is -3.68. The van der Waals surface area contributed by atoms with Gasteiger partial charge in [0, 0.05) is 11.3 Å². The summed E-state index contributed by atoms with van der Waals surface area (Å²) >= 11 is 0. The molecule has 3 aromatic carbocycles. The van der Waals surface area contributed by atoms with Crippen molar-refractivity contribution < 1.29 is 13.2 Å². The van der Waals surface area contributed by atoms with Crippen molar-refractivity contribution in [3.63, 3.8) is 0 Å². The van der Waals surface area contributed by atoms with Gasteiger partial charge in [0.1, 0.15) is 0 Å². The molecule has 0 aromatic heterocycles. The molecule has 0 heterocycles. The molecule has 0 radical (unpaired) electrons. The van der Waals surface area contributed by atoms with E-state index in [2.05, 4.69) is 36.0 Å². The van der Waals surface area contributed by atoms with Gasteiger partial charge in [-0.3, -0.25) is 9.52 Å². The van der Waals surface area contributed by atoms with Crippen LogP contribution in [0.3, 0.4) is 0 Å². The summed E-state index contributed by atoms with van der Waals surface area (Å²) < 4.78 is 27.6. The zero-order valence-electron chi connectivity index (χ0n) is 18.5. The van der Waals surface area contributed by atoms with Crippen molar-refractivity contribution in [2.24, 2.45) is 0 Å². The predicted molar refractivity (Wildman–Crippen MR) is 125 cm³/mol. The normalized spacial score (nSPS) is 12.3. The average Bonchev–Trinajstić information content (AvgIpc) is 2.71. The van der Waals surface area contributed by atoms with Gasteiger partial charge in [-0.05, 0) is 93.3 Å². The third-order valence-corrected chi connectivity index (χ3v) is 6.82. The van der Waals surface area contributed by atoms with Gasteiger partial charge in [-0.2, -0.15) is 0 Å². The van der Waals surface area contributed by atoms with Crippen LogP contribution in [-0.2, 0) is 10.0 Å². The second-order valence-electron chi connectivity index (χ2n) is 7.98. The lowest BCUT2D eigenvalue weighted by Gasteiger charge is -2.18. The first-order valence-electron chi connectivity index (χ1n) is 10.1. The van der Waals surface area contributed by atoms with Gasteiger partial charge >= 0.3 is 0 Å². The minimum atomic E-state index is -3.68. The molecule has 2 N–H and O–H groups in total. The van der Waals surface area contributed by atoms with E-state index in [0.29, 0.717) is 11.3 Å². The average molecular weight is 437 g/mol. The van der Waals surface area contributed by atoms with E-state index in [1.807, 2.05) is 20.8 Å². The molecule has 31 heavy (non-hydrogen) atoms. The minimum absolute atomic E-state index is 0.147. The van der Waals surface area contributed by atoms with E-state index >= 15 is 0 Å². The molecule has 3 rings (SSSR count). The maximum absolute atomic E-state index is 12.7. The maximum atomic E-state index is 12.7. The fourth-order valence-electron chi connectivity index (χ4n) is 3.43. The second-order valence-corrected chi connectivity index (χ2v) is 9.67. The van der Waals surface area contributed by atoms with E-state index in [-0.39, 0.29) is 16.8 Å². The monoisotopic (exact) mass is 436 g/mol. The van der Waals surface area contributed by atoms with Crippen LogP contribution in [-0.4, -0.2) is 14.3 Å². The molecule has 0 aliphatic heterocycles. The Hall–Kier alpha value is -3.12. The first-order chi connectivity index (χ1) is 14.6. The standard InChI is InChI=1S/C25H28N2O3S/c1-16-6-12-23(13-7-16)31(29,30)27-22-10-8-21(9-11-22)25(28)26-20(5)24-15-18(3)17(2)14-19(24)4/h6-15,20,27H,1-5H3,(H,26,28)/t20-/m1/s1. The topological polar surface area (TPSA) is 75.3 Å². The number of rotatable bonds is 6. The molecule has 1 amide bonds. The van der Waals surface area contributed by atoms with E-state index in [1.54, 1.807) is 48.5 Å². The minimum Gasteiger partial charge on any atom is -0.346 e. The molecule has 0 aliphatic carbocycles. The number of hydrogen-bond acceptors (Lipinski definition) is 3. The number of aryl methyl sites for hydroxylation is 4. The number of nitrogens with one attached hydrogen (secondary N) is 2. The molecule has 162 valence electrons. The molecule has 3 aromatic rings. The summed E-state index contributed by atoms with van der Waals surface area (Å²) in [5.74, 6) is -0.210. The van der Waals surface area contributed by atoms with Crippen LogP contribution in [0.2, 0.25) is 0 Å². The molecule has 5 nitrogen and oxygen atoms in total. The third-order valence-electron chi connectivity index (χ3n) is 5.43. The van der Waals surface area contributed by atoms with E-state index in [0.717, 1.165) is 16.7 Å². The fraction of sp³-hybridized carbons (Fsp3) is 0.240. The highest BCUT2D eigenvalue weighted by Gasteiger charge is 2.16. The Morgan fingerprint density at radius 2 is 1.39 bits per heavy atom. The van der Waals surface area contributed by atoms with Crippen LogP contribution in [0.4, 0.5) is 5.69 Å². The summed E-state index contributed by atoms with van der Waals surface area (Å²) in [4.78, 5) is 12.9. The molecule has 0 saturated heterocycles. The van der Waals surface area contributed by atoms with Crippen molar-refractivity contribution in [2.75, 3.05) is 4.72 Å². The Balaban J connectivity index is 1.70. The van der Waals surface area contributed by atoms with E-state index < -0.39 is 10.0 Å². The Morgan fingerprint density at radius 3 is 2.00 bits per heavy atom. The van der Waals surface area contributed by atoms with Crippen LogP contribution >= 0.6 is 0 Å². The smallest absolute Gasteiger partial charge is 0.261 e. The van der Waals surface area contributed by atoms with Gasteiger partial charge in [-0.15, -0.1) is 0 Å². The summed E-state index contributed by atoms with van der Waals surface area (Å²) in [6.45, 7) is 10.0. The van der Waals surface area contributed by atoms with Crippen LogP contribution in [0, 0.1) is 27.7 Å². The van der Waals surface area contributed by atoms with Gasteiger partial charge in [0.15, 0.2) is 0 Å². The predicted octanol–water partition coefficient (Wildman–Crippen LogP) is 5.21. The SMILES string of the molecule is Cc1ccc(S(=O)(=O)Nc2ccc(C(=O)N[C@H](C)c3cc(C)c(C)cc3C)cc2)cc1. The zero-order valence-corrected chi connectivity index (χ0v) is 19.3. The molecule has 0 fully saturated rings. The number of anilines is 1. The molecular weight excluding hydrogens is 408 g/mol. The van der Waals surface area contributed by atoms with Crippen molar-refractivity contribution in [3.05, 3.63) is 94.0 Å². The molecule has 0 unspecified atom stereocenters. The molecule has 0 aliphatic rings. The van der Waals surface area contributed by atoms with E-state index in [1.165, 1.54) is 11.1 Å². The summed E-state index contributed by atoms with van der Waals surface area (Å²) in [5.41, 5.74) is 6.48. The van der Waals surface area contributed by atoms with Crippen molar-refractivity contribution in [1.29, 1.82) is 0 Å². The molecule has 0 bridgehead atoms. The number of carbonyl (C=O) groups excluding carboxylic acids is 1. The zero-order chi connectivity index (χ0) is 22.8. The maximum Gasteiger partial charge on any atom is 0.261 e.